The van der Waals surface area contributed by atoms with Crippen molar-refractivity contribution >= 4 is 44.9 Å². The first-order valence-corrected chi connectivity index (χ1v) is 19.9. The number of fused-ring (bicyclic) bond motifs is 3. The summed E-state index contributed by atoms with van der Waals surface area (Å²) in [6.45, 7) is 10.8. The van der Waals surface area contributed by atoms with Gasteiger partial charge in [-0.25, -0.2) is 13.2 Å². The average Bonchev–Trinajstić information content (AvgIpc) is 3.87. The number of carbonyl (C=O) groups is 4. The van der Waals surface area contributed by atoms with Crippen molar-refractivity contribution in [3.05, 3.63) is 36.4 Å². The lowest BCUT2D eigenvalue weighted by atomic mass is 10.0. The van der Waals surface area contributed by atoms with E-state index in [1.54, 1.807) is 27.7 Å². The SMILES string of the molecule is CC(C)n1c(O[C@@H]2C[C@H]3C(=O)N[C@]4(C(=O)NS(=O)(=O)C5(C)CC5)C[C@H]4C=CCCCCC[C@H](NC(=O)OC(C)(C)C)C(=O)N3C2)nc2ccccc21. The van der Waals surface area contributed by atoms with E-state index >= 15 is 0 Å². The van der Waals surface area contributed by atoms with Crippen molar-refractivity contribution in [3.8, 4) is 6.01 Å². The molecule has 4 aliphatic rings. The molecule has 0 radical (unpaired) electrons. The highest BCUT2D eigenvalue weighted by atomic mass is 32.2. The van der Waals surface area contributed by atoms with Crippen LogP contribution in [0.4, 0.5) is 4.79 Å². The monoisotopic (exact) mass is 740 g/mol. The zero-order valence-corrected chi connectivity index (χ0v) is 31.8. The van der Waals surface area contributed by atoms with Gasteiger partial charge in [0, 0.05) is 18.4 Å². The number of nitrogens with one attached hydrogen (secondary N) is 3. The highest BCUT2D eigenvalue weighted by molar-refractivity contribution is 7.91. The largest absolute Gasteiger partial charge is 0.459 e. The van der Waals surface area contributed by atoms with Crippen LogP contribution in [0, 0.1) is 5.92 Å². The summed E-state index contributed by atoms with van der Waals surface area (Å²) in [6.07, 6.45) is 6.84. The summed E-state index contributed by atoms with van der Waals surface area (Å²) >= 11 is 0. The summed E-state index contributed by atoms with van der Waals surface area (Å²) in [7, 11) is -3.97. The first-order chi connectivity index (χ1) is 24.4. The summed E-state index contributed by atoms with van der Waals surface area (Å²) < 4.78 is 41.4. The van der Waals surface area contributed by atoms with E-state index in [-0.39, 0.29) is 25.4 Å². The molecule has 2 aromatic rings. The molecule has 14 nitrogen and oxygen atoms in total. The van der Waals surface area contributed by atoms with Gasteiger partial charge in [0.15, 0.2) is 0 Å². The number of allylic oxidation sites excluding steroid dienone is 1. The number of carbonyl (C=O) groups excluding carboxylic acids is 4. The van der Waals surface area contributed by atoms with Gasteiger partial charge in [0.1, 0.15) is 29.3 Å². The van der Waals surface area contributed by atoms with Crippen LogP contribution in [0.5, 0.6) is 6.01 Å². The highest BCUT2D eigenvalue weighted by Crippen LogP contribution is 2.47. The first-order valence-electron chi connectivity index (χ1n) is 18.4. The third kappa shape index (κ3) is 7.79. The molecule has 0 spiro atoms. The lowest BCUT2D eigenvalue weighted by molar-refractivity contribution is -0.141. The molecule has 2 aliphatic heterocycles. The molecular formula is C37H52N6O8S. The van der Waals surface area contributed by atoms with E-state index in [9.17, 15) is 27.6 Å². The fraction of sp³-hybridized carbons (Fsp3) is 0.649. The zero-order chi connectivity index (χ0) is 37.6. The Balaban J connectivity index is 1.32. The van der Waals surface area contributed by atoms with E-state index in [0.717, 1.165) is 23.9 Å². The molecule has 1 aromatic heterocycles. The maximum absolute atomic E-state index is 14.5. The van der Waals surface area contributed by atoms with Crippen LogP contribution in [0.3, 0.4) is 0 Å². The van der Waals surface area contributed by atoms with Gasteiger partial charge in [-0.2, -0.15) is 4.98 Å². The number of nitrogens with zero attached hydrogens (tertiary/aromatic N) is 3. The second kappa shape index (κ2) is 14.0. The molecule has 6 rings (SSSR count). The Bertz CT molecular complexity index is 1860. The number of amides is 4. The Labute approximate surface area is 305 Å². The van der Waals surface area contributed by atoms with Crippen molar-refractivity contribution < 1.29 is 37.1 Å². The minimum Gasteiger partial charge on any atom is -0.459 e. The Morgan fingerprint density at radius 2 is 1.83 bits per heavy atom. The average molecular weight is 741 g/mol. The number of rotatable bonds is 7. The van der Waals surface area contributed by atoms with Gasteiger partial charge < -0.3 is 25.0 Å². The fourth-order valence-corrected chi connectivity index (χ4v) is 8.46. The second-order valence-electron chi connectivity index (χ2n) is 16.2. The molecule has 284 valence electrons. The van der Waals surface area contributed by atoms with Gasteiger partial charge in [-0.15, -0.1) is 0 Å². The number of hydrogen-bond acceptors (Lipinski definition) is 9. The molecular weight excluding hydrogens is 689 g/mol. The van der Waals surface area contributed by atoms with E-state index in [0.29, 0.717) is 38.1 Å². The number of benzene rings is 1. The van der Waals surface area contributed by atoms with Crippen molar-refractivity contribution in [2.45, 2.75) is 139 Å². The van der Waals surface area contributed by atoms with Crippen molar-refractivity contribution in [3.63, 3.8) is 0 Å². The fourth-order valence-electron chi connectivity index (χ4n) is 7.15. The third-order valence-corrected chi connectivity index (χ3v) is 12.7. The number of sulfonamides is 1. The zero-order valence-electron chi connectivity index (χ0n) is 30.9. The summed E-state index contributed by atoms with van der Waals surface area (Å²) in [6, 6.07) is 5.92. The van der Waals surface area contributed by atoms with E-state index in [1.807, 2.05) is 54.8 Å². The maximum Gasteiger partial charge on any atom is 0.408 e. The highest BCUT2D eigenvalue weighted by Gasteiger charge is 2.63. The molecule has 3 heterocycles. The second-order valence-corrected chi connectivity index (χ2v) is 18.4. The van der Waals surface area contributed by atoms with Crippen LogP contribution in [0.2, 0.25) is 0 Å². The predicted octanol–water partition coefficient (Wildman–Crippen LogP) is 4.25. The smallest absolute Gasteiger partial charge is 0.408 e. The molecule has 15 heteroatoms. The minimum absolute atomic E-state index is 0.00555. The normalized spacial score (nSPS) is 27.9. The van der Waals surface area contributed by atoms with E-state index < -0.39 is 73.8 Å². The van der Waals surface area contributed by atoms with Crippen LogP contribution in [-0.4, -0.2) is 87.3 Å². The topological polar surface area (TPSA) is 178 Å². The molecule has 0 unspecified atom stereocenters. The van der Waals surface area contributed by atoms with Crippen molar-refractivity contribution in [2.75, 3.05) is 6.54 Å². The predicted molar refractivity (Wildman–Crippen MR) is 194 cm³/mol. The number of imidazole rings is 1. The van der Waals surface area contributed by atoms with Crippen LogP contribution >= 0.6 is 0 Å². The maximum atomic E-state index is 14.5. The van der Waals surface area contributed by atoms with Gasteiger partial charge >= 0.3 is 6.09 Å². The van der Waals surface area contributed by atoms with Crippen LogP contribution in [0.1, 0.15) is 105 Å². The van der Waals surface area contributed by atoms with Crippen molar-refractivity contribution in [1.29, 1.82) is 0 Å². The lowest BCUT2D eigenvalue weighted by Crippen LogP contribution is -2.58. The van der Waals surface area contributed by atoms with E-state index in [2.05, 4.69) is 15.4 Å². The quantitative estimate of drug-likeness (QED) is 0.350. The first kappa shape index (κ1) is 37.6. The van der Waals surface area contributed by atoms with Gasteiger partial charge in [-0.1, -0.05) is 37.1 Å². The molecule has 3 N–H and O–H groups in total. The van der Waals surface area contributed by atoms with E-state index in [1.165, 1.54) is 4.90 Å². The molecule has 1 aromatic carbocycles. The molecule has 5 atom stereocenters. The molecule has 52 heavy (non-hydrogen) atoms. The van der Waals surface area contributed by atoms with E-state index in [4.69, 9.17) is 14.5 Å². The van der Waals surface area contributed by atoms with Crippen molar-refractivity contribution in [2.24, 2.45) is 5.92 Å². The molecule has 2 saturated carbocycles. The summed E-state index contributed by atoms with van der Waals surface area (Å²) in [5.74, 6) is -2.29. The summed E-state index contributed by atoms with van der Waals surface area (Å²) in [4.78, 5) is 61.8. The molecule has 3 fully saturated rings. The number of aromatic nitrogens is 2. The number of alkyl carbamates (subject to hydrolysis) is 1. The summed E-state index contributed by atoms with van der Waals surface area (Å²) in [5.41, 5.74) is -0.674. The number of hydrogen-bond donors (Lipinski definition) is 3. The van der Waals surface area contributed by atoms with Gasteiger partial charge in [0.05, 0.1) is 22.3 Å². The number of ether oxygens (including phenoxy) is 2. The Morgan fingerprint density at radius 3 is 2.52 bits per heavy atom. The van der Waals surface area contributed by atoms with Gasteiger partial charge in [-0.3, -0.25) is 23.7 Å². The molecule has 0 bridgehead atoms. The van der Waals surface area contributed by atoms with Crippen LogP contribution in [0.15, 0.2) is 36.4 Å². The summed E-state index contributed by atoms with van der Waals surface area (Å²) in [5, 5.41) is 5.65. The Kier molecular flexibility index (Phi) is 10.1. The molecule has 2 aliphatic carbocycles. The molecule has 4 amide bonds. The standard InChI is InChI=1S/C37H52N6O8S/c1-23(2)43-28-17-13-12-15-26(28)38-33(43)50-25-20-29-30(44)40-37(32(46)41-52(48,49)36(6)18-19-36)21-24(37)14-10-8-7-9-11-16-27(31(45)42(29)22-25)39-34(47)51-35(3,4)5/h10,12-15,17,23-25,27,29H,7-9,11,16,18-22H2,1-6H3,(H,39,47)(H,40,44)(H,41,46)/t24-,25-,27+,29+,37-/m1/s1. The lowest BCUT2D eigenvalue weighted by Gasteiger charge is -2.30. The Hall–Kier alpha value is -4.14. The molecule has 1 saturated heterocycles. The number of para-hydroxylation sites is 2. The van der Waals surface area contributed by atoms with Gasteiger partial charge in [-0.05, 0) is 92.2 Å². The van der Waals surface area contributed by atoms with Gasteiger partial charge in [0.2, 0.25) is 21.8 Å². The third-order valence-electron chi connectivity index (χ3n) is 10.5. The van der Waals surface area contributed by atoms with Crippen LogP contribution in [0.25, 0.3) is 11.0 Å². The minimum atomic E-state index is -3.97. The van der Waals surface area contributed by atoms with Gasteiger partial charge in [0.25, 0.3) is 11.9 Å². The van der Waals surface area contributed by atoms with Crippen LogP contribution < -0.4 is 20.1 Å². The van der Waals surface area contributed by atoms with Crippen LogP contribution in [-0.2, 0) is 29.1 Å². The van der Waals surface area contributed by atoms with Crippen molar-refractivity contribution in [1.82, 2.24) is 29.8 Å². The Morgan fingerprint density at radius 1 is 1.10 bits per heavy atom.